The van der Waals surface area contributed by atoms with E-state index < -0.39 is 0 Å². The summed E-state index contributed by atoms with van der Waals surface area (Å²) in [7, 11) is 0. The lowest BCUT2D eigenvalue weighted by molar-refractivity contribution is 0.655. The fraction of sp³-hybridized carbons (Fsp3) is 0.176. The molecule has 3 rings (SSSR count). The number of thioether (sulfide) groups is 1. The lowest BCUT2D eigenvalue weighted by atomic mass is 10.2. The van der Waals surface area contributed by atoms with Crippen molar-refractivity contribution in [2.75, 3.05) is 11.4 Å². The van der Waals surface area contributed by atoms with Crippen LogP contribution in [0.5, 0.6) is 0 Å². The molecule has 6 heteroatoms. The zero-order valence-corrected chi connectivity index (χ0v) is 14.2. The average molecular weight is 342 g/mol. The van der Waals surface area contributed by atoms with Crippen LogP contribution in [0.15, 0.2) is 65.8 Å². The van der Waals surface area contributed by atoms with Crippen molar-refractivity contribution in [2.24, 2.45) is 10.8 Å². The van der Waals surface area contributed by atoms with E-state index in [1.54, 1.807) is 11.8 Å². The number of nitrogens with one attached hydrogen (secondary N) is 1. The highest BCUT2D eigenvalue weighted by atomic mass is 32.2. The van der Waals surface area contributed by atoms with Crippen molar-refractivity contribution < 1.29 is 0 Å². The van der Waals surface area contributed by atoms with Gasteiger partial charge < -0.3 is 10.6 Å². The van der Waals surface area contributed by atoms with Crippen LogP contribution < -0.4 is 16.1 Å². The molecule has 2 aromatic rings. The summed E-state index contributed by atoms with van der Waals surface area (Å²) < 4.78 is 0. The molecular weight excluding hydrogens is 324 g/mol. The normalized spacial score (nSPS) is 16.5. The predicted octanol–water partition coefficient (Wildman–Crippen LogP) is 3.15. The first-order valence-corrected chi connectivity index (χ1v) is 8.70. The van der Waals surface area contributed by atoms with Crippen LogP contribution in [0.3, 0.4) is 0 Å². The van der Waals surface area contributed by atoms with Gasteiger partial charge in [-0.2, -0.15) is 5.10 Å². The fourth-order valence-corrected chi connectivity index (χ4v) is 3.55. The van der Waals surface area contributed by atoms with Crippen molar-refractivity contribution in [3.05, 3.63) is 66.2 Å². The third kappa shape index (κ3) is 4.03. The number of hydrazone groups is 1. The average Bonchev–Trinajstić information content (AvgIpc) is 3.05. The molecule has 0 saturated heterocycles. The van der Waals surface area contributed by atoms with Gasteiger partial charge in [-0.15, -0.1) is 0 Å². The molecule has 1 unspecified atom stereocenters. The summed E-state index contributed by atoms with van der Waals surface area (Å²) in [5, 5.41) is 6.07. The first kappa shape index (κ1) is 15.8. The van der Waals surface area contributed by atoms with E-state index in [1.807, 2.05) is 53.4 Å². The largest absolute Gasteiger partial charge is 0.376 e. The van der Waals surface area contributed by atoms with Crippen LogP contribution in [0, 0.1) is 0 Å². The number of nitrogens with two attached hydrogens (primary N) is 1. The molecule has 0 aliphatic carbocycles. The Hall–Kier alpha value is -2.05. The highest BCUT2D eigenvalue weighted by Gasteiger charge is 2.21. The number of hydrogen-bond acceptors (Lipinski definition) is 4. The van der Waals surface area contributed by atoms with Crippen molar-refractivity contribution in [1.29, 1.82) is 0 Å². The van der Waals surface area contributed by atoms with Crippen molar-refractivity contribution in [3.8, 4) is 0 Å². The summed E-state index contributed by atoms with van der Waals surface area (Å²) in [6, 6.07) is 20.2. The number of rotatable bonds is 5. The van der Waals surface area contributed by atoms with Gasteiger partial charge >= 0.3 is 0 Å². The summed E-state index contributed by atoms with van der Waals surface area (Å²) >= 11 is 6.93. The Kier molecular flexibility index (Phi) is 5.15. The van der Waals surface area contributed by atoms with E-state index in [9.17, 15) is 0 Å². The molecule has 0 spiro atoms. The minimum absolute atomic E-state index is 0.228. The van der Waals surface area contributed by atoms with Crippen LogP contribution in [-0.2, 0) is 0 Å². The van der Waals surface area contributed by atoms with Crippen molar-refractivity contribution in [1.82, 2.24) is 5.43 Å². The first-order valence-electron chi connectivity index (χ1n) is 7.41. The molecule has 118 valence electrons. The van der Waals surface area contributed by atoms with Crippen molar-refractivity contribution in [2.45, 2.75) is 11.8 Å². The third-order valence-electron chi connectivity index (χ3n) is 3.53. The number of para-hydroxylation sites is 1. The predicted molar refractivity (Wildman–Crippen MR) is 103 cm³/mol. The Morgan fingerprint density at radius 3 is 2.43 bits per heavy atom. The quantitative estimate of drug-likeness (QED) is 0.818. The number of hydrogen-bond donors (Lipinski definition) is 2. The van der Waals surface area contributed by atoms with Crippen LogP contribution in [0.2, 0.25) is 0 Å². The van der Waals surface area contributed by atoms with E-state index in [1.165, 1.54) is 0 Å². The first-order chi connectivity index (χ1) is 11.2. The lowest BCUT2D eigenvalue weighted by Crippen LogP contribution is -2.38. The maximum atomic E-state index is 5.87. The zero-order chi connectivity index (χ0) is 16.1. The van der Waals surface area contributed by atoms with Crippen LogP contribution in [0.25, 0.3) is 0 Å². The van der Waals surface area contributed by atoms with E-state index >= 15 is 0 Å². The summed E-state index contributed by atoms with van der Waals surface area (Å²) in [5.41, 5.74) is 11.2. The second-order valence-corrected chi connectivity index (χ2v) is 6.74. The van der Waals surface area contributed by atoms with Gasteiger partial charge in [0.1, 0.15) is 5.04 Å². The van der Waals surface area contributed by atoms with Gasteiger partial charge in [-0.05, 0) is 30.8 Å². The van der Waals surface area contributed by atoms with Crippen LogP contribution in [0.4, 0.5) is 5.69 Å². The molecule has 0 bridgehead atoms. The monoisotopic (exact) mass is 342 g/mol. The molecular formula is C17H18N4S2. The molecule has 23 heavy (non-hydrogen) atoms. The van der Waals surface area contributed by atoms with Gasteiger partial charge in [0.05, 0.1) is 5.37 Å². The topological polar surface area (TPSA) is 53.6 Å². The molecule has 0 fully saturated rings. The molecule has 4 nitrogen and oxygen atoms in total. The maximum absolute atomic E-state index is 5.87. The van der Waals surface area contributed by atoms with E-state index in [2.05, 4.69) is 22.7 Å². The molecule has 0 radical (unpaired) electrons. The Bertz CT molecular complexity index is 688. The maximum Gasteiger partial charge on any atom is 0.170 e. The highest BCUT2D eigenvalue weighted by Crippen LogP contribution is 2.25. The van der Waals surface area contributed by atoms with Gasteiger partial charge in [0.25, 0.3) is 0 Å². The second-order valence-electron chi connectivity index (χ2n) is 5.13. The molecule has 1 aliphatic heterocycles. The minimum atomic E-state index is 0.228. The van der Waals surface area contributed by atoms with E-state index in [-0.39, 0.29) is 5.37 Å². The molecule has 2 aromatic carbocycles. The van der Waals surface area contributed by atoms with Crippen LogP contribution in [-0.4, -0.2) is 22.1 Å². The third-order valence-corrected chi connectivity index (χ3v) is 4.93. The Morgan fingerprint density at radius 2 is 1.78 bits per heavy atom. The molecule has 1 atom stereocenters. The van der Waals surface area contributed by atoms with Gasteiger partial charge in [-0.25, -0.2) is 0 Å². The molecule has 0 amide bonds. The van der Waals surface area contributed by atoms with Crippen LogP contribution >= 0.6 is 24.0 Å². The summed E-state index contributed by atoms with van der Waals surface area (Å²) in [6.45, 7) is 0.752. The second kappa shape index (κ2) is 7.48. The molecule has 3 N–H and O–H groups in total. The zero-order valence-electron chi connectivity index (χ0n) is 12.6. The SMILES string of the molecule is NC(=S)N(CCC1NN=C(c2ccccc2)S1)c1ccccc1. The Balaban J connectivity index is 1.58. The van der Waals surface area contributed by atoms with Crippen molar-refractivity contribution >= 4 is 39.8 Å². The van der Waals surface area contributed by atoms with E-state index in [0.717, 1.165) is 29.3 Å². The highest BCUT2D eigenvalue weighted by molar-refractivity contribution is 8.15. The van der Waals surface area contributed by atoms with Crippen LogP contribution in [0.1, 0.15) is 12.0 Å². The van der Waals surface area contributed by atoms with Gasteiger partial charge in [0.15, 0.2) is 5.11 Å². The molecule has 1 heterocycles. The van der Waals surface area contributed by atoms with Gasteiger partial charge in [-0.3, -0.25) is 5.43 Å². The number of nitrogens with zero attached hydrogens (tertiary/aromatic N) is 2. The van der Waals surface area contributed by atoms with E-state index in [0.29, 0.717) is 5.11 Å². The van der Waals surface area contributed by atoms with Crippen molar-refractivity contribution in [3.63, 3.8) is 0 Å². The Labute approximate surface area is 145 Å². The lowest BCUT2D eigenvalue weighted by Gasteiger charge is -2.24. The molecule has 0 saturated carbocycles. The summed E-state index contributed by atoms with van der Waals surface area (Å²) in [6.07, 6.45) is 0.886. The standard InChI is InChI=1S/C17H18N4S2/c18-17(22)21(14-9-5-2-6-10-14)12-11-15-19-20-16(23-15)13-7-3-1-4-8-13/h1-10,15,19H,11-12H2,(H2,18,22). The number of anilines is 1. The summed E-state index contributed by atoms with van der Waals surface area (Å²) in [4.78, 5) is 1.96. The number of benzene rings is 2. The van der Waals surface area contributed by atoms with Gasteiger partial charge in [0.2, 0.25) is 0 Å². The molecule has 0 aromatic heterocycles. The van der Waals surface area contributed by atoms with E-state index in [4.69, 9.17) is 18.0 Å². The smallest absolute Gasteiger partial charge is 0.170 e. The fourth-order valence-electron chi connectivity index (χ4n) is 2.38. The van der Waals surface area contributed by atoms with Gasteiger partial charge in [-0.1, -0.05) is 60.3 Å². The van der Waals surface area contributed by atoms with Gasteiger partial charge in [0, 0.05) is 17.8 Å². The minimum Gasteiger partial charge on any atom is -0.376 e. The molecule has 1 aliphatic rings. The number of thiocarbonyl (C=S) groups is 1. The Morgan fingerprint density at radius 1 is 1.13 bits per heavy atom. The summed E-state index contributed by atoms with van der Waals surface area (Å²) in [5.74, 6) is 0.